The van der Waals surface area contributed by atoms with Crippen LogP contribution in [0.15, 0.2) is 48.2 Å². The van der Waals surface area contributed by atoms with E-state index in [-0.39, 0.29) is 29.0 Å². The lowest BCUT2D eigenvalue weighted by Crippen LogP contribution is -2.42. The molecular weight excluding hydrogens is 340 g/mol. The monoisotopic (exact) mass is 362 g/mol. The smallest absolute Gasteiger partial charge is 0.268 e. The molecule has 1 aliphatic carbocycles. The number of aromatic nitrogens is 1. The topological polar surface area (TPSA) is 73.7 Å². The Labute approximate surface area is 159 Å². The first kappa shape index (κ1) is 18.5. The van der Waals surface area contributed by atoms with Gasteiger partial charge in [0.05, 0.1) is 5.57 Å². The Bertz CT molecular complexity index is 878. The third-order valence-electron chi connectivity index (χ3n) is 4.75. The molecule has 5 heteroatoms. The van der Waals surface area contributed by atoms with Crippen LogP contribution in [0.4, 0.5) is 5.82 Å². The Morgan fingerprint density at radius 2 is 1.93 bits per heavy atom. The van der Waals surface area contributed by atoms with Gasteiger partial charge in [-0.3, -0.25) is 9.69 Å². The van der Waals surface area contributed by atoms with Gasteiger partial charge in [-0.15, -0.1) is 6.42 Å². The molecule has 1 saturated carbocycles. The fourth-order valence-electron chi connectivity index (χ4n) is 3.38. The number of carbonyl (C=O) groups excluding carboxylic acids is 1. The predicted octanol–water partition coefficient (Wildman–Crippen LogP) is 3.88. The van der Waals surface area contributed by atoms with Crippen molar-refractivity contribution in [1.29, 1.82) is 0 Å². The highest BCUT2D eigenvalue weighted by Gasteiger charge is 2.29. The van der Waals surface area contributed by atoms with Crippen LogP contribution in [0.25, 0.3) is 6.08 Å². The van der Waals surface area contributed by atoms with Gasteiger partial charge in [0.1, 0.15) is 5.82 Å². The largest absolute Gasteiger partial charge is 0.504 e. The average Bonchev–Trinajstić information content (AvgIpc) is 2.70. The fourth-order valence-corrected chi connectivity index (χ4v) is 3.38. The van der Waals surface area contributed by atoms with E-state index < -0.39 is 0 Å². The van der Waals surface area contributed by atoms with E-state index in [2.05, 4.69) is 10.9 Å². The molecule has 3 rings (SSSR count). The van der Waals surface area contributed by atoms with Gasteiger partial charge < -0.3 is 10.2 Å². The number of terminal acetylenes is 1. The molecule has 1 amide bonds. The minimum absolute atomic E-state index is 0.0612. The van der Waals surface area contributed by atoms with E-state index >= 15 is 0 Å². The average molecular weight is 362 g/mol. The van der Waals surface area contributed by atoms with Crippen molar-refractivity contribution in [3.63, 3.8) is 0 Å². The summed E-state index contributed by atoms with van der Waals surface area (Å²) in [6.07, 6.45) is 14.0. The summed E-state index contributed by atoms with van der Waals surface area (Å²) >= 11 is 0. The molecule has 1 aromatic carbocycles. The molecule has 0 atom stereocenters. The molecule has 2 aromatic rings. The summed E-state index contributed by atoms with van der Waals surface area (Å²) < 4.78 is 0. The predicted molar refractivity (Wildman–Crippen MR) is 105 cm³/mol. The van der Waals surface area contributed by atoms with Gasteiger partial charge in [0.15, 0.2) is 11.5 Å². The number of nitrogens with zero attached hydrogens (tertiary/aromatic N) is 2. The van der Waals surface area contributed by atoms with Crippen molar-refractivity contribution in [1.82, 2.24) is 4.98 Å². The number of benzene rings is 1. The van der Waals surface area contributed by atoms with E-state index in [1.165, 1.54) is 18.6 Å². The maximum atomic E-state index is 13.3. The van der Waals surface area contributed by atoms with Gasteiger partial charge in [-0.2, -0.15) is 0 Å². The van der Waals surface area contributed by atoms with E-state index in [0.29, 0.717) is 11.4 Å². The number of phenolic OH excluding ortho intramolecular Hbond substituents is 2. The van der Waals surface area contributed by atoms with Crippen LogP contribution in [-0.4, -0.2) is 27.1 Å². The van der Waals surface area contributed by atoms with Crippen molar-refractivity contribution in [2.24, 2.45) is 0 Å². The van der Waals surface area contributed by atoms with Gasteiger partial charge in [-0.05, 0) is 48.7 Å². The zero-order valence-corrected chi connectivity index (χ0v) is 15.0. The molecule has 27 heavy (non-hydrogen) atoms. The number of amides is 1. The molecule has 0 aliphatic heterocycles. The molecule has 1 aromatic heterocycles. The number of carbonyl (C=O) groups is 1. The first-order valence-electron chi connectivity index (χ1n) is 9.05. The van der Waals surface area contributed by atoms with Crippen molar-refractivity contribution in [3.05, 3.63) is 53.7 Å². The second kappa shape index (κ2) is 8.41. The molecule has 0 unspecified atom stereocenters. The molecule has 1 heterocycles. The summed E-state index contributed by atoms with van der Waals surface area (Å²) in [5, 5.41) is 19.1. The Kier molecular flexibility index (Phi) is 5.77. The minimum atomic E-state index is -0.282. The van der Waals surface area contributed by atoms with Gasteiger partial charge in [0.2, 0.25) is 0 Å². The number of hydrogen-bond acceptors (Lipinski definition) is 4. The lowest BCUT2D eigenvalue weighted by molar-refractivity contribution is -0.115. The summed E-state index contributed by atoms with van der Waals surface area (Å²) in [6.45, 7) is 0. The molecule has 0 bridgehead atoms. The van der Waals surface area contributed by atoms with E-state index in [1.807, 2.05) is 18.2 Å². The maximum Gasteiger partial charge on any atom is 0.268 e. The van der Waals surface area contributed by atoms with Gasteiger partial charge >= 0.3 is 0 Å². The molecule has 0 spiro atoms. The summed E-state index contributed by atoms with van der Waals surface area (Å²) in [5.41, 5.74) is 0.715. The second-order valence-corrected chi connectivity index (χ2v) is 6.61. The van der Waals surface area contributed by atoms with E-state index in [9.17, 15) is 15.0 Å². The van der Waals surface area contributed by atoms with Gasteiger partial charge in [0, 0.05) is 12.2 Å². The second-order valence-electron chi connectivity index (χ2n) is 6.61. The number of pyridine rings is 1. The number of anilines is 1. The molecule has 0 saturated heterocycles. The standard InChI is InChI=1S/C22H22N2O3/c1-2-17(14-16-11-12-19(25)20(26)15-16)22(27)24(18-8-4-3-5-9-18)21-10-6-7-13-23-21/h1,6-7,10-15,18,25-26H,3-5,8-9H2/b17-14+. The third-order valence-corrected chi connectivity index (χ3v) is 4.75. The van der Waals surface area contributed by atoms with Crippen LogP contribution in [0.1, 0.15) is 37.7 Å². The van der Waals surface area contributed by atoms with Crippen LogP contribution >= 0.6 is 0 Å². The summed E-state index contributed by atoms with van der Waals surface area (Å²) in [4.78, 5) is 19.4. The van der Waals surface area contributed by atoms with Gasteiger partial charge in [-0.25, -0.2) is 4.98 Å². The lowest BCUT2D eigenvalue weighted by Gasteiger charge is -2.33. The Morgan fingerprint density at radius 1 is 1.15 bits per heavy atom. The molecular formula is C22H22N2O3. The SMILES string of the molecule is C#C/C(=C\c1ccc(O)c(O)c1)C(=O)N(c1ccccn1)C1CCCCC1. The van der Waals surface area contributed by atoms with Crippen LogP contribution in [0.3, 0.4) is 0 Å². The molecule has 5 nitrogen and oxygen atoms in total. The molecule has 0 radical (unpaired) electrons. The maximum absolute atomic E-state index is 13.3. The van der Waals surface area contributed by atoms with E-state index in [0.717, 1.165) is 25.7 Å². The Morgan fingerprint density at radius 3 is 2.56 bits per heavy atom. The van der Waals surface area contributed by atoms with Crippen LogP contribution in [-0.2, 0) is 4.79 Å². The van der Waals surface area contributed by atoms with Crippen molar-refractivity contribution < 1.29 is 15.0 Å². The van der Waals surface area contributed by atoms with E-state index in [4.69, 9.17) is 6.42 Å². The third kappa shape index (κ3) is 4.29. The van der Waals surface area contributed by atoms with Crippen LogP contribution in [0, 0.1) is 12.3 Å². The fraction of sp³-hybridized carbons (Fsp3) is 0.273. The van der Waals surface area contributed by atoms with Gasteiger partial charge in [0.25, 0.3) is 5.91 Å². The van der Waals surface area contributed by atoms with Crippen LogP contribution in [0.5, 0.6) is 11.5 Å². The number of aromatic hydroxyl groups is 2. The van der Waals surface area contributed by atoms with Crippen LogP contribution in [0.2, 0.25) is 0 Å². The molecule has 1 aliphatic rings. The number of phenols is 2. The lowest BCUT2D eigenvalue weighted by atomic mass is 9.93. The Balaban J connectivity index is 1.97. The number of hydrogen-bond donors (Lipinski definition) is 2. The highest BCUT2D eigenvalue weighted by Crippen LogP contribution is 2.29. The normalized spacial score (nSPS) is 15.1. The van der Waals surface area contributed by atoms with E-state index in [1.54, 1.807) is 23.2 Å². The van der Waals surface area contributed by atoms with Crippen molar-refractivity contribution >= 4 is 17.8 Å². The van der Waals surface area contributed by atoms with Crippen molar-refractivity contribution in [2.45, 2.75) is 38.1 Å². The number of rotatable bonds is 4. The first-order valence-corrected chi connectivity index (χ1v) is 9.05. The molecule has 2 N–H and O–H groups in total. The summed E-state index contributed by atoms with van der Waals surface area (Å²) in [7, 11) is 0. The Hall–Kier alpha value is -3.26. The van der Waals surface area contributed by atoms with Crippen LogP contribution < -0.4 is 4.90 Å². The van der Waals surface area contributed by atoms with Gasteiger partial charge in [-0.1, -0.05) is 37.3 Å². The highest BCUT2D eigenvalue weighted by atomic mass is 16.3. The quantitative estimate of drug-likeness (QED) is 0.492. The highest BCUT2D eigenvalue weighted by molar-refractivity contribution is 6.11. The van der Waals surface area contributed by atoms with Crippen molar-refractivity contribution in [2.75, 3.05) is 4.90 Å². The summed E-state index contributed by atoms with van der Waals surface area (Å²) in [5.74, 6) is 2.29. The minimum Gasteiger partial charge on any atom is -0.504 e. The van der Waals surface area contributed by atoms with Crippen molar-refractivity contribution in [3.8, 4) is 23.8 Å². The molecule has 1 fully saturated rings. The first-order chi connectivity index (χ1) is 13.1. The zero-order chi connectivity index (χ0) is 19.2. The zero-order valence-electron chi connectivity index (χ0n) is 15.0. The summed E-state index contributed by atoms with van der Waals surface area (Å²) in [6, 6.07) is 9.85. The molecule has 138 valence electrons.